The lowest BCUT2D eigenvalue weighted by molar-refractivity contribution is -0.691. The smallest absolute Gasteiger partial charge is 0.188 e. The first-order chi connectivity index (χ1) is 18.3. The van der Waals surface area contributed by atoms with E-state index < -0.39 is 0 Å². The van der Waals surface area contributed by atoms with Crippen LogP contribution < -0.4 is 13.5 Å². The van der Waals surface area contributed by atoms with E-state index in [4.69, 9.17) is 0 Å². The van der Waals surface area contributed by atoms with Crippen molar-refractivity contribution in [3.05, 3.63) is 131 Å². The Hall–Kier alpha value is -3.93. The van der Waals surface area contributed by atoms with Crippen LogP contribution in [0.2, 0.25) is 0 Å². The van der Waals surface area contributed by atoms with Crippen LogP contribution in [0.25, 0.3) is 37.1 Å². The fourth-order valence-corrected chi connectivity index (χ4v) is 7.25. The van der Waals surface area contributed by atoms with Crippen molar-refractivity contribution in [3.63, 3.8) is 0 Å². The Kier molecular flexibility index (Phi) is 5.53. The molecule has 7 aromatic rings. The van der Waals surface area contributed by atoms with Crippen molar-refractivity contribution in [2.45, 2.75) is 20.0 Å². The van der Waals surface area contributed by atoms with Gasteiger partial charge in [-0.05, 0) is 47.9 Å². The van der Waals surface area contributed by atoms with Gasteiger partial charge in [0.05, 0.1) is 21.5 Å². The number of aromatic nitrogens is 3. The highest BCUT2D eigenvalue weighted by Crippen LogP contribution is 2.27. The Morgan fingerprint density at radius 2 is 1.30 bits per heavy atom. The summed E-state index contributed by atoms with van der Waals surface area (Å²) in [6.45, 7) is 3.82. The van der Waals surface area contributed by atoms with E-state index >= 15 is 0 Å². The minimum atomic E-state index is 0.803. The maximum absolute atomic E-state index is 2.42. The van der Waals surface area contributed by atoms with Crippen molar-refractivity contribution in [2.24, 2.45) is 0 Å². The van der Waals surface area contributed by atoms with Crippen molar-refractivity contribution in [2.75, 3.05) is 0 Å². The molecule has 0 radical (unpaired) electrons. The monoisotopic (exact) mass is 516 g/mol. The van der Waals surface area contributed by atoms with Crippen molar-refractivity contribution in [1.29, 1.82) is 0 Å². The molecule has 0 N–H and O–H groups in total. The molecule has 0 aliphatic heterocycles. The first-order valence-electron chi connectivity index (χ1n) is 12.5. The van der Waals surface area contributed by atoms with Crippen LogP contribution in [0, 0.1) is 6.92 Å². The summed E-state index contributed by atoms with van der Waals surface area (Å²) < 4.78 is 8.47. The summed E-state index contributed by atoms with van der Waals surface area (Å²) in [4.78, 5) is 0. The standard InChI is InChI=1S/C32H26N3S2/c1-23-8-2-4-12-28(23)29-13-5-3-9-26(29)20-33-16-6-10-24-14-15-25-11-7-17-34(31(25)30(24)33)21-27-22-37-32-35(27)18-19-36-32/h2-19,22H,20-21H2,1H3/q+3. The van der Waals surface area contributed by atoms with E-state index in [1.165, 1.54) is 53.9 Å². The van der Waals surface area contributed by atoms with Gasteiger partial charge in [-0.2, -0.15) is 9.13 Å². The lowest BCUT2D eigenvalue weighted by Crippen LogP contribution is -2.42. The molecular formula is C32H26N3S2+3. The van der Waals surface area contributed by atoms with Crippen LogP contribution in [0.3, 0.4) is 0 Å². The molecule has 0 atom stereocenters. The molecule has 0 bridgehead atoms. The van der Waals surface area contributed by atoms with Gasteiger partial charge in [-0.3, -0.25) is 0 Å². The highest BCUT2D eigenvalue weighted by molar-refractivity contribution is 7.33. The molecule has 0 aliphatic carbocycles. The Morgan fingerprint density at radius 1 is 0.622 bits per heavy atom. The summed E-state index contributed by atoms with van der Waals surface area (Å²) in [6, 6.07) is 30.8. The molecule has 0 saturated carbocycles. The van der Waals surface area contributed by atoms with E-state index in [9.17, 15) is 0 Å². The lowest BCUT2D eigenvalue weighted by Gasteiger charge is -2.11. The summed E-state index contributed by atoms with van der Waals surface area (Å²) in [5, 5.41) is 6.96. The molecule has 5 heteroatoms. The second kappa shape index (κ2) is 9.18. The minimum absolute atomic E-state index is 0.803. The van der Waals surface area contributed by atoms with Crippen molar-refractivity contribution >= 4 is 48.6 Å². The third-order valence-electron chi connectivity index (χ3n) is 7.18. The molecule has 4 aromatic heterocycles. The van der Waals surface area contributed by atoms with Gasteiger partial charge in [0.25, 0.3) is 16.7 Å². The zero-order valence-corrected chi connectivity index (χ0v) is 22.2. The maximum Gasteiger partial charge on any atom is 0.325 e. The molecule has 0 amide bonds. The zero-order chi connectivity index (χ0) is 24.8. The van der Waals surface area contributed by atoms with E-state index in [2.05, 4.69) is 135 Å². The molecule has 3 nitrogen and oxygen atoms in total. The summed E-state index contributed by atoms with van der Waals surface area (Å²) in [7, 11) is 0. The van der Waals surface area contributed by atoms with Gasteiger partial charge < -0.3 is 0 Å². The summed E-state index contributed by atoms with van der Waals surface area (Å²) in [6.07, 6.45) is 6.62. The fourth-order valence-electron chi connectivity index (χ4n) is 5.40. The highest BCUT2D eigenvalue weighted by Gasteiger charge is 2.26. The molecule has 0 unspecified atom stereocenters. The van der Waals surface area contributed by atoms with Gasteiger partial charge in [0.2, 0.25) is 6.54 Å². The van der Waals surface area contributed by atoms with Gasteiger partial charge >= 0.3 is 4.14 Å². The third-order valence-corrected chi connectivity index (χ3v) is 9.20. The van der Waals surface area contributed by atoms with E-state index in [0.29, 0.717) is 0 Å². The van der Waals surface area contributed by atoms with Crippen LogP contribution in [0.5, 0.6) is 0 Å². The number of aryl methyl sites for hydroxylation is 1. The molecule has 4 heterocycles. The van der Waals surface area contributed by atoms with Gasteiger partial charge in [-0.1, -0.05) is 71.2 Å². The Morgan fingerprint density at radius 3 is 2.05 bits per heavy atom. The molecular weight excluding hydrogens is 491 g/mol. The molecule has 0 fully saturated rings. The maximum atomic E-state index is 2.42. The van der Waals surface area contributed by atoms with Crippen LogP contribution in [0.15, 0.2) is 114 Å². The average molecular weight is 517 g/mol. The van der Waals surface area contributed by atoms with Gasteiger partial charge in [0.15, 0.2) is 25.1 Å². The third kappa shape index (κ3) is 3.91. The van der Waals surface area contributed by atoms with Crippen molar-refractivity contribution < 1.29 is 13.5 Å². The predicted molar refractivity (Wildman–Crippen MR) is 152 cm³/mol. The molecule has 7 rings (SSSR count). The fraction of sp³-hybridized carbons (Fsp3) is 0.0938. The first kappa shape index (κ1) is 22.3. The van der Waals surface area contributed by atoms with Crippen LogP contribution in [0.4, 0.5) is 0 Å². The van der Waals surface area contributed by atoms with Crippen LogP contribution in [0.1, 0.15) is 16.8 Å². The quantitative estimate of drug-likeness (QED) is 0.183. The van der Waals surface area contributed by atoms with Crippen LogP contribution >= 0.6 is 22.7 Å². The highest BCUT2D eigenvalue weighted by atomic mass is 32.2. The number of hydrogen-bond acceptors (Lipinski definition) is 2. The number of hydrogen-bond donors (Lipinski definition) is 0. The minimum Gasteiger partial charge on any atom is -0.188 e. The van der Waals surface area contributed by atoms with Gasteiger partial charge in [-0.15, -0.1) is 4.40 Å². The van der Waals surface area contributed by atoms with Crippen molar-refractivity contribution in [3.8, 4) is 11.1 Å². The molecule has 3 aromatic carbocycles. The van der Waals surface area contributed by atoms with Gasteiger partial charge in [0, 0.05) is 17.7 Å². The molecule has 0 spiro atoms. The second-order valence-corrected chi connectivity index (χ2v) is 11.5. The summed E-state index contributed by atoms with van der Waals surface area (Å²) >= 11 is 3.61. The van der Waals surface area contributed by atoms with Crippen LogP contribution in [-0.4, -0.2) is 0 Å². The number of benzene rings is 3. The van der Waals surface area contributed by atoms with E-state index in [1.54, 1.807) is 11.3 Å². The molecule has 0 aliphatic rings. The number of thiazole rings is 2. The zero-order valence-electron chi connectivity index (χ0n) is 20.5. The van der Waals surface area contributed by atoms with E-state index in [1.807, 2.05) is 11.3 Å². The predicted octanol–water partition coefficient (Wildman–Crippen LogP) is 6.50. The lowest BCUT2D eigenvalue weighted by atomic mass is 9.96. The van der Waals surface area contributed by atoms with Gasteiger partial charge in [0.1, 0.15) is 0 Å². The second-order valence-electron chi connectivity index (χ2n) is 9.45. The molecule has 0 saturated heterocycles. The number of rotatable bonds is 5. The van der Waals surface area contributed by atoms with Crippen molar-refractivity contribution in [1.82, 2.24) is 0 Å². The van der Waals surface area contributed by atoms with Crippen LogP contribution in [-0.2, 0) is 13.1 Å². The number of nitrogens with zero attached hydrogens (tertiary/aromatic N) is 3. The van der Waals surface area contributed by atoms with E-state index in [-0.39, 0.29) is 0 Å². The summed E-state index contributed by atoms with van der Waals surface area (Å²) in [5.41, 5.74) is 9.06. The first-order valence-corrected chi connectivity index (χ1v) is 14.2. The Balaban J connectivity index is 1.41. The normalized spacial score (nSPS) is 11.6. The number of fused-ring (bicyclic) bond motifs is 4. The van der Waals surface area contributed by atoms with E-state index in [0.717, 1.165) is 13.1 Å². The van der Waals surface area contributed by atoms with Gasteiger partial charge in [-0.25, -0.2) is 0 Å². The molecule has 178 valence electrons. The summed E-state index contributed by atoms with van der Waals surface area (Å²) in [5.74, 6) is 0. The number of pyridine rings is 2. The topological polar surface area (TPSA) is 11.9 Å². The largest absolute Gasteiger partial charge is 0.325 e. The SMILES string of the molecule is Cc1ccccc1-c1ccccc1C[n+]1cccc2ccc3ccc[n+](Cc4csc5scc[n+]45)c3c21. The average Bonchev–Trinajstić information content (AvgIpc) is 3.55. The molecule has 37 heavy (non-hydrogen) atoms. The Labute approximate surface area is 223 Å². The Bertz CT molecular complexity index is 1910.